The monoisotopic (exact) mass is 589 g/mol. The molecule has 2 heterocycles. The molecular weight excluding hydrogens is 555 g/mol. The number of likely N-dealkylation sites (tertiary alicyclic amines) is 1. The Kier molecular flexibility index (Phi) is 8.16. The molecule has 2 aromatic carbocycles. The van der Waals surface area contributed by atoms with E-state index >= 15 is 0 Å². The second kappa shape index (κ2) is 10.8. The standard InChI is InChI=1S/C29H34F7N3O2/c1-17-11-22(30)5-6-23(17)24-15-27(8-7-26(3,16-40)37-27)9-10-39(24)25(41)38(4)18(2)19-12-20(28(31,32)33)14-21(13-19)29(34,35)36/h5-6,11-14,18,24,37,40H,7-10,15-16H2,1-4H3/t18-,24-,26-,27+/m1/s1. The first-order valence-electron chi connectivity index (χ1n) is 13.4. The lowest BCUT2D eigenvalue weighted by Crippen LogP contribution is -2.58. The molecule has 2 fully saturated rings. The van der Waals surface area contributed by atoms with E-state index < -0.39 is 58.5 Å². The first kappa shape index (κ1) is 31.1. The molecule has 0 unspecified atom stereocenters. The van der Waals surface area contributed by atoms with Gasteiger partial charge in [-0.3, -0.25) is 0 Å². The number of nitrogens with zero attached hydrogens (tertiary/aromatic N) is 2. The number of aliphatic hydroxyl groups is 1. The van der Waals surface area contributed by atoms with Crippen LogP contribution in [0.25, 0.3) is 0 Å². The number of hydrogen-bond donors (Lipinski definition) is 2. The summed E-state index contributed by atoms with van der Waals surface area (Å²) < 4.78 is 94.8. The molecule has 2 aliphatic heterocycles. The maximum atomic E-state index is 14.0. The van der Waals surface area contributed by atoms with Crippen molar-refractivity contribution in [2.75, 3.05) is 20.2 Å². The smallest absolute Gasteiger partial charge is 0.394 e. The zero-order valence-corrected chi connectivity index (χ0v) is 23.3. The van der Waals surface area contributed by atoms with E-state index in [1.54, 1.807) is 17.9 Å². The molecule has 1 spiro atoms. The Morgan fingerprint density at radius 2 is 1.68 bits per heavy atom. The van der Waals surface area contributed by atoms with Crippen LogP contribution in [0.4, 0.5) is 35.5 Å². The molecule has 226 valence electrons. The van der Waals surface area contributed by atoms with Crippen molar-refractivity contribution in [3.8, 4) is 0 Å². The van der Waals surface area contributed by atoms with Crippen LogP contribution in [0.15, 0.2) is 36.4 Å². The molecule has 4 atom stereocenters. The highest BCUT2D eigenvalue weighted by Gasteiger charge is 2.50. The highest BCUT2D eigenvalue weighted by Crippen LogP contribution is 2.46. The molecule has 2 aliphatic rings. The van der Waals surface area contributed by atoms with Crippen LogP contribution in [0, 0.1) is 12.7 Å². The Morgan fingerprint density at radius 1 is 1.07 bits per heavy atom. The van der Waals surface area contributed by atoms with Gasteiger partial charge >= 0.3 is 18.4 Å². The van der Waals surface area contributed by atoms with Crippen molar-refractivity contribution in [2.24, 2.45) is 0 Å². The van der Waals surface area contributed by atoms with Crippen molar-refractivity contribution in [3.63, 3.8) is 0 Å². The summed E-state index contributed by atoms with van der Waals surface area (Å²) in [5.74, 6) is -0.447. The predicted molar refractivity (Wildman–Crippen MR) is 138 cm³/mol. The van der Waals surface area contributed by atoms with Gasteiger partial charge in [0.2, 0.25) is 0 Å². The van der Waals surface area contributed by atoms with Crippen LogP contribution in [0.1, 0.15) is 79.4 Å². The van der Waals surface area contributed by atoms with Crippen molar-refractivity contribution in [1.29, 1.82) is 0 Å². The van der Waals surface area contributed by atoms with Gasteiger partial charge in [-0.2, -0.15) is 26.3 Å². The van der Waals surface area contributed by atoms with Gasteiger partial charge in [0, 0.05) is 24.7 Å². The van der Waals surface area contributed by atoms with Crippen molar-refractivity contribution in [1.82, 2.24) is 15.1 Å². The van der Waals surface area contributed by atoms with E-state index in [9.17, 15) is 40.6 Å². The molecule has 2 aromatic rings. The first-order valence-corrected chi connectivity index (χ1v) is 13.4. The number of aryl methyl sites for hydroxylation is 1. The topological polar surface area (TPSA) is 55.8 Å². The molecule has 12 heteroatoms. The van der Waals surface area contributed by atoms with E-state index in [1.807, 2.05) is 6.92 Å². The van der Waals surface area contributed by atoms with Gasteiger partial charge in [-0.05, 0) is 93.5 Å². The average Bonchev–Trinajstić information content (AvgIpc) is 3.22. The Bertz CT molecular complexity index is 1270. The number of piperidine rings is 1. The van der Waals surface area contributed by atoms with Gasteiger partial charge < -0.3 is 20.2 Å². The fraction of sp³-hybridized carbons (Fsp3) is 0.552. The van der Waals surface area contributed by atoms with Crippen LogP contribution < -0.4 is 5.32 Å². The maximum absolute atomic E-state index is 14.0. The molecule has 2 N–H and O–H groups in total. The van der Waals surface area contributed by atoms with Crippen LogP contribution in [0.2, 0.25) is 0 Å². The largest absolute Gasteiger partial charge is 0.416 e. The van der Waals surface area contributed by atoms with E-state index in [2.05, 4.69) is 5.32 Å². The molecule has 0 bridgehead atoms. The lowest BCUT2D eigenvalue weighted by molar-refractivity contribution is -0.143. The molecule has 0 radical (unpaired) electrons. The van der Waals surface area contributed by atoms with E-state index in [4.69, 9.17) is 0 Å². The lowest BCUT2D eigenvalue weighted by atomic mass is 9.79. The predicted octanol–water partition coefficient (Wildman–Crippen LogP) is 6.99. The third-order valence-corrected chi connectivity index (χ3v) is 8.67. The SMILES string of the molecule is Cc1cc(F)ccc1[C@H]1C[C@@]2(CCN1C(=O)N(C)[C@H](C)c1cc(C(F)(F)F)cc(C(F)(F)F)c1)CC[C@](C)(CO)N2. The Hall–Kier alpha value is -2.86. The number of benzene rings is 2. The Labute approximate surface area is 234 Å². The highest BCUT2D eigenvalue weighted by molar-refractivity contribution is 5.75. The molecule has 4 rings (SSSR count). The maximum Gasteiger partial charge on any atom is 0.416 e. The zero-order chi connectivity index (χ0) is 30.5. The molecule has 0 saturated carbocycles. The molecule has 0 aromatic heterocycles. The fourth-order valence-electron chi connectivity index (χ4n) is 6.14. The molecule has 2 amide bonds. The minimum Gasteiger partial charge on any atom is -0.394 e. The number of alkyl halides is 6. The van der Waals surface area contributed by atoms with Gasteiger partial charge in [0.1, 0.15) is 5.82 Å². The van der Waals surface area contributed by atoms with Crippen LogP contribution in [-0.2, 0) is 12.4 Å². The van der Waals surface area contributed by atoms with E-state index in [0.717, 1.165) is 11.3 Å². The number of halogens is 7. The summed E-state index contributed by atoms with van der Waals surface area (Å²) in [6.45, 7) is 5.17. The van der Waals surface area contributed by atoms with Crippen LogP contribution in [-0.4, -0.2) is 52.2 Å². The number of carbonyl (C=O) groups excluding carboxylic acids is 1. The minimum atomic E-state index is -5.01. The normalized spacial score (nSPS) is 26.0. The average molecular weight is 590 g/mol. The lowest BCUT2D eigenvalue weighted by Gasteiger charge is -2.48. The summed E-state index contributed by atoms with van der Waals surface area (Å²) in [5.41, 5.74) is -2.81. The quantitative estimate of drug-likeness (QED) is 0.378. The number of amides is 2. The summed E-state index contributed by atoms with van der Waals surface area (Å²) in [4.78, 5) is 16.6. The minimum absolute atomic E-state index is 0.0597. The second-order valence-corrected chi connectivity index (χ2v) is 11.7. The molecule has 41 heavy (non-hydrogen) atoms. The summed E-state index contributed by atoms with van der Waals surface area (Å²) in [6, 6.07) is 3.32. The van der Waals surface area contributed by atoms with Gasteiger partial charge in [0.25, 0.3) is 0 Å². The van der Waals surface area contributed by atoms with Gasteiger partial charge in [0.15, 0.2) is 0 Å². The Balaban J connectivity index is 1.68. The summed E-state index contributed by atoms with van der Waals surface area (Å²) in [5, 5.41) is 13.5. The van der Waals surface area contributed by atoms with E-state index in [0.29, 0.717) is 42.5 Å². The van der Waals surface area contributed by atoms with Gasteiger partial charge in [-0.15, -0.1) is 0 Å². The van der Waals surface area contributed by atoms with Crippen LogP contribution in [0.3, 0.4) is 0 Å². The van der Waals surface area contributed by atoms with Gasteiger partial charge in [-0.1, -0.05) is 6.07 Å². The number of carbonyl (C=O) groups is 1. The van der Waals surface area contributed by atoms with Crippen LogP contribution in [0.5, 0.6) is 0 Å². The molecular formula is C29H34F7N3O2. The third-order valence-electron chi connectivity index (χ3n) is 8.67. The summed E-state index contributed by atoms with van der Waals surface area (Å²) in [6.07, 6.45) is -7.62. The fourth-order valence-corrected chi connectivity index (χ4v) is 6.14. The van der Waals surface area contributed by atoms with E-state index in [-0.39, 0.29) is 24.8 Å². The van der Waals surface area contributed by atoms with Crippen molar-refractivity contribution >= 4 is 6.03 Å². The number of hydrogen-bond acceptors (Lipinski definition) is 3. The molecule has 5 nitrogen and oxygen atoms in total. The highest BCUT2D eigenvalue weighted by atomic mass is 19.4. The third kappa shape index (κ3) is 6.33. The van der Waals surface area contributed by atoms with Crippen molar-refractivity contribution < 1.29 is 40.6 Å². The first-order chi connectivity index (χ1) is 18.9. The number of rotatable bonds is 4. The number of aliphatic hydroxyl groups excluding tert-OH is 1. The van der Waals surface area contributed by atoms with E-state index in [1.165, 1.54) is 26.1 Å². The Morgan fingerprint density at radius 3 is 2.20 bits per heavy atom. The molecule has 2 saturated heterocycles. The summed E-state index contributed by atoms with van der Waals surface area (Å²) >= 11 is 0. The van der Waals surface area contributed by atoms with Gasteiger partial charge in [0.05, 0.1) is 29.8 Å². The second-order valence-electron chi connectivity index (χ2n) is 11.7. The number of urea groups is 1. The van der Waals surface area contributed by atoms with Crippen molar-refractivity contribution in [3.05, 3.63) is 70.0 Å². The summed E-state index contributed by atoms with van der Waals surface area (Å²) in [7, 11) is 1.34. The number of nitrogens with one attached hydrogen (secondary N) is 1. The van der Waals surface area contributed by atoms with Gasteiger partial charge in [-0.25, -0.2) is 9.18 Å². The van der Waals surface area contributed by atoms with Crippen molar-refractivity contribution in [2.45, 2.75) is 82.0 Å². The van der Waals surface area contributed by atoms with Crippen LogP contribution >= 0.6 is 0 Å². The molecule has 0 aliphatic carbocycles. The zero-order valence-electron chi connectivity index (χ0n) is 23.3.